The Balaban J connectivity index is 3.04. The molecule has 3 N–H and O–H groups in total. The molecule has 0 aliphatic heterocycles. The molecule has 1 aromatic heterocycles. The number of carbonyl (C=O) groups excluding carboxylic acids is 1. The van der Waals surface area contributed by atoms with Crippen LogP contribution in [0.1, 0.15) is 16.2 Å². The van der Waals surface area contributed by atoms with Crippen LogP contribution in [0.4, 0.5) is 0 Å². The van der Waals surface area contributed by atoms with E-state index in [4.69, 9.17) is 17.4 Å². The normalized spacial score (nSPS) is 9.73. The summed E-state index contributed by atoms with van der Waals surface area (Å²) in [6.45, 7) is 1.60. The number of aromatic nitrogens is 1. The molecule has 0 spiro atoms. The summed E-state index contributed by atoms with van der Waals surface area (Å²) in [5.74, 6) is 4.67. The molecule has 0 saturated heterocycles. The number of nitrogen functional groups attached to an aromatic ring is 1. The molecule has 0 aliphatic rings. The van der Waals surface area contributed by atoms with Gasteiger partial charge < -0.3 is 4.52 Å². The van der Waals surface area contributed by atoms with Crippen molar-refractivity contribution in [3.63, 3.8) is 0 Å². The van der Waals surface area contributed by atoms with Crippen molar-refractivity contribution in [1.82, 2.24) is 10.6 Å². The second-order valence-electron chi connectivity index (χ2n) is 1.87. The van der Waals surface area contributed by atoms with Crippen LogP contribution in [0.5, 0.6) is 0 Å². The summed E-state index contributed by atoms with van der Waals surface area (Å²) in [5, 5.41) is 3.58. The van der Waals surface area contributed by atoms with E-state index in [0.717, 1.165) is 0 Å². The van der Waals surface area contributed by atoms with Crippen LogP contribution in [-0.4, -0.2) is 11.1 Å². The highest BCUT2D eigenvalue weighted by molar-refractivity contribution is 6.34. The van der Waals surface area contributed by atoms with Crippen molar-refractivity contribution >= 4 is 17.5 Å². The van der Waals surface area contributed by atoms with Crippen molar-refractivity contribution < 1.29 is 9.32 Å². The van der Waals surface area contributed by atoms with Crippen LogP contribution in [0.25, 0.3) is 0 Å². The van der Waals surface area contributed by atoms with Gasteiger partial charge in [0.25, 0.3) is 5.91 Å². The van der Waals surface area contributed by atoms with Gasteiger partial charge in [0.05, 0.1) is 0 Å². The van der Waals surface area contributed by atoms with Crippen LogP contribution in [-0.2, 0) is 0 Å². The summed E-state index contributed by atoms with van der Waals surface area (Å²) in [6.07, 6.45) is 0. The monoisotopic (exact) mass is 175 g/mol. The Labute approximate surface area is 67.5 Å². The number of nitrogens with zero attached hydrogens (tertiary/aromatic N) is 1. The molecule has 0 radical (unpaired) electrons. The van der Waals surface area contributed by atoms with Gasteiger partial charge in [-0.2, -0.15) is 0 Å². The molecular weight excluding hydrogens is 170 g/mol. The van der Waals surface area contributed by atoms with Gasteiger partial charge in [-0.05, 0) is 6.92 Å². The zero-order chi connectivity index (χ0) is 8.43. The van der Waals surface area contributed by atoms with E-state index in [1.165, 1.54) is 0 Å². The zero-order valence-electron chi connectivity index (χ0n) is 5.72. The van der Waals surface area contributed by atoms with Crippen LogP contribution in [0, 0.1) is 6.92 Å². The summed E-state index contributed by atoms with van der Waals surface area (Å²) in [5.41, 5.74) is 1.90. The van der Waals surface area contributed by atoms with E-state index in [2.05, 4.69) is 9.68 Å². The van der Waals surface area contributed by atoms with Crippen molar-refractivity contribution in [3.05, 3.63) is 16.5 Å². The van der Waals surface area contributed by atoms with Crippen LogP contribution < -0.4 is 11.3 Å². The van der Waals surface area contributed by atoms with Crippen molar-refractivity contribution in [2.75, 3.05) is 0 Å². The number of hydrogen-bond acceptors (Lipinski definition) is 4. The summed E-state index contributed by atoms with van der Waals surface area (Å²) >= 11 is 5.61. The van der Waals surface area contributed by atoms with Crippen LogP contribution in [0.2, 0.25) is 5.02 Å². The molecule has 1 heterocycles. The fourth-order valence-corrected chi connectivity index (χ4v) is 0.725. The maximum absolute atomic E-state index is 10.8. The third-order valence-corrected chi connectivity index (χ3v) is 1.58. The van der Waals surface area contributed by atoms with Crippen molar-refractivity contribution in [2.24, 2.45) is 5.84 Å². The minimum atomic E-state index is -0.563. The fraction of sp³-hybridized carbons (Fsp3) is 0.200. The number of hydrogen-bond donors (Lipinski definition) is 2. The SMILES string of the molecule is Cc1onc(C(=O)NN)c1Cl. The number of carbonyl (C=O) groups is 1. The van der Waals surface area contributed by atoms with Gasteiger partial charge in [0.2, 0.25) is 0 Å². The van der Waals surface area contributed by atoms with Crippen molar-refractivity contribution in [1.29, 1.82) is 0 Å². The molecule has 1 amide bonds. The molecule has 1 aromatic rings. The van der Waals surface area contributed by atoms with E-state index in [1.807, 2.05) is 5.43 Å². The first-order valence-electron chi connectivity index (χ1n) is 2.79. The molecular formula is C5H6ClN3O2. The third kappa shape index (κ3) is 1.33. The van der Waals surface area contributed by atoms with Gasteiger partial charge in [0.15, 0.2) is 11.5 Å². The van der Waals surface area contributed by atoms with E-state index < -0.39 is 5.91 Å². The molecule has 0 unspecified atom stereocenters. The van der Waals surface area contributed by atoms with Crippen LogP contribution >= 0.6 is 11.6 Å². The summed E-state index contributed by atoms with van der Waals surface area (Å²) < 4.78 is 4.62. The lowest BCUT2D eigenvalue weighted by Gasteiger charge is -1.91. The first-order valence-corrected chi connectivity index (χ1v) is 3.17. The largest absolute Gasteiger partial charge is 0.359 e. The molecule has 11 heavy (non-hydrogen) atoms. The lowest BCUT2D eigenvalue weighted by atomic mass is 10.4. The fourth-order valence-electron chi connectivity index (χ4n) is 0.570. The van der Waals surface area contributed by atoms with E-state index in [1.54, 1.807) is 6.92 Å². The van der Waals surface area contributed by atoms with Gasteiger partial charge in [0.1, 0.15) is 5.02 Å². The molecule has 0 aliphatic carbocycles. The third-order valence-electron chi connectivity index (χ3n) is 1.14. The maximum atomic E-state index is 10.8. The van der Waals surface area contributed by atoms with E-state index >= 15 is 0 Å². The Morgan fingerprint density at radius 3 is 2.82 bits per heavy atom. The average molecular weight is 176 g/mol. The van der Waals surface area contributed by atoms with Gasteiger partial charge in [-0.3, -0.25) is 10.2 Å². The molecule has 0 fully saturated rings. The maximum Gasteiger partial charge on any atom is 0.288 e. The lowest BCUT2D eigenvalue weighted by molar-refractivity contribution is 0.0944. The highest BCUT2D eigenvalue weighted by Crippen LogP contribution is 2.18. The Morgan fingerprint density at radius 1 is 1.82 bits per heavy atom. The zero-order valence-corrected chi connectivity index (χ0v) is 6.47. The van der Waals surface area contributed by atoms with Crippen molar-refractivity contribution in [3.8, 4) is 0 Å². The number of aryl methyl sites for hydroxylation is 1. The number of rotatable bonds is 1. The summed E-state index contributed by atoms with van der Waals surface area (Å²) in [7, 11) is 0. The molecule has 0 atom stereocenters. The quantitative estimate of drug-likeness (QED) is 0.364. The number of nitrogens with two attached hydrogens (primary N) is 1. The second-order valence-corrected chi connectivity index (χ2v) is 2.25. The Hall–Kier alpha value is -1.07. The van der Waals surface area contributed by atoms with E-state index in [0.29, 0.717) is 5.76 Å². The Kier molecular flexibility index (Phi) is 2.11. The van der Waals surface area contributed by atoms with Gasteiger partial charge >= 0.3 is 0 Å². The highest BCUT2D eigenvalue weighted by atomic mass is 35.5. The minimum Gasteiger partial charge on any atom is -0.359 e. The van der Waals surface area contributed by atoms with Gasteiger partial charge in [0, 0.05) is 0 Å². The molecule has 0 aromatic carbocycles. The number of hydrazine groups is 1. The molecule has 0 bridgehead atoms. The number of nitrogens with one attached hydrogen (secondary N) is 1. The van der Waals surface area contributed by atoms with E-state index in [9.17, 15) is 4.79 Å². The molecule has 60 valence electrons. The van der Waals surface area contributed by atoms with Crippen molar-refractivity contribution in [2.45, 2.75) is 6.92 Å². The predicted octanol–water partition coefficient (Wildman–Crippen LogP) is 0.240. The Bertz CT molecular complexity index is 283. The van der Waals surface area contributed by atoms with Gasteiger partial charge in [-0.25, -0.2) is 5.84 Å². The van der Waals surface area contributed by atoms with Crippen LogP contribution in [0.15, 0.2) is 4.52 Å². The smallest absolute Gasteiger partial charge is 0.288 e. The van der Waals surface area contributed by atoms with E-state index in [-0.39, 0.29) is 10.7 Å². The van der Waals surface area contributed by atoms with Gasteiger partial charge in [-0.1, -0.05) is 16.8 Å². The molecule has 5 nitrogen and oxygen atoms in total. The second kappa shape index (κ2) is 2.89. The average Bonchev–Trinajstić information content (AvgIpc) is 2.32. The number of amides is 1. The molecule has 0 saturated carbocycles. The predicted molar refractivity (Wildman–Crippen MR) is 37.9 cm³/mol. The minimum absolute atomic E-state index is 0.00617. The first-order chi connectivity index (χ1) is 5.16. The van der Waals surface area contributed by atoms with Crippen LogP contribution in [0.3, 0.4) is 0 Å². The molecule has 1 rings (SSSR count). The standard InChI is InChI=1S/C5H6ClN3O2/c1-2-3(6)4(9-11-2)5(10)8-7/h7H2,1H3,(H,8,10). The highest BCUT2D eigenvalue weighted by Gasteiger charge is 2.16. The number of halogens is 1. The lowest BCUT2D eigenvalue weighted by Crippen LogP contribution is -2.30. The summed E-state index contributed by atoms with van der Waals surface area (Å²) in [4.78, 5) is 10.8. The summed E-state index contributed by atoms with van der Waals surface area (Å²) in [6, 6.07) is 0. The topological polar surface area (TPSA) is 81.2 Å². The molecule has 6 heteroatoms. The van der Waals surface area contributed by atoms with Gasteiger partial charge in [-0.15, -0.1) is 0 Å². The Morgan fingerprint density at radius 2 is 2.45 bits per heavy atom. The first kappa shape index (κ1) is 8.03.